The summed E-state index contributed by atoms with van der Waals surface area (Å²) in [4.78, 5) is 20.3. The third kappa shape index (κ3) is 10.4. The number of hydrogen-bond donors (Lipinski definition) is 1. The van der Waals surface area contributed by atoms with Gasteiger partial charge in [0.1, 0.15) is 5.82 Å². The second-order valence-electron chi connectivity index (χ2n) is 7.52. The number of rotatable bonds is 10. The van der Waals surface area contributed by atoms with Crippen molar-refractivity contribution in [2.24, 2.45) is 4.36 Å². The second-order valence-corrected chi connectivity index (χ2v) is 8.22. The van der Waals surface area contributed by atoms with Crippen LogP contribution in [0.1, 0.15) is 36.0 Å². The number of carboxylic acids is 1. The van der Waals surface area contributed by atoms with Crippen LogP contribution in [0.15, 0.2) is 89.3 Å². The standard InChI is InChI=1S/C20H20FNO4S.C6H5NO2/c21-18-5-3-4-17(14-18)19(6-1-2-7-20(23)24)16-10-8-15(9-11-16)12-13-22-27(25)26;8-7(9)6-4-2-1-3-5-6/h3-6,8-11,14H,1-2,7,12-13H2,(H,23,24);1-5H/b19-6+;. The third-order valence-electron chi connectivity index (χ3n) is 4.91. The topological polar surface area (TPSA) is 127 Å². The molecule has 36 heavy (non-hydrogen) atoms. The van der Waals surface area contributed by atoms with Gasteiger partial charge in [-0.1, -0.05) is 60.7 Å². The monoisotopic (exact) mass is 512 g/mol. The lowest BCUT2D eigenvalue weighted by Gasteiger charge is -2.10. The van der Waals surface area contributed by atoms with Gasteiger partial charge in [-0.2, -0.15) is 12.8 Å². The van der Waals surface area contributed by atoms with Crippen molar-refractivity contribution in [2.75, 3.05) is 6.54 Å². The molecule has 0 fully saturated rings. The van der Waals surface area contributed by atoms with Gasteiger partial charge in [0.25, 0.3) is 5.69 Å². The Bertz CT molecular complexity index is 1320. The fourth-order valence-corrected chi connectivity index (χ4v) is 3.45. The number of hydrogen-bond acceptors (Lipinski definition) is 6. The first-order chi connectivity index (χ1) is 17.3. The fraction of sp³-hybridized carbons (Fsp3) is 0.192. The summed E-state index contributed by atoms with van der Waals surface area (Å²) in [5.41, 5.74) is 3.51. The zero-order chi connectivity index (χ0) is 26.3. The van der Waals surface area contributed by atoms with Gasteiger partial charge in [-0.3, -0.25) is 14.9 Å². The highest BCUT2D eigenvalue weighted by molar-refractivity contribution is 7.61. The van der Waals surface area contributed by atoms with Gasteiger partial charge in [0.2, 0.25) is 0 Å². The summed E-state index contributed by atoms with van der Waals surface area (Å²) in [5.74, 6) is -1.18. The molecular weight excluding hydrogens is 487 g/mol. The van der Waals surface area contributed by atoms with Crippen LogP contribution in [-0.4, -0.2) is 31.0 Å². The number of para-hydroxylation sites is 1. The van der Waals surface area contributed by atoms with E-state index >= 15 is 0 Å². The van der Waals surface area contributed by atoms with Gasteiger partial charge in [0, 0.05) is 18.6 Å². The van der Waals surface area contributed by atoms with Crippen molar-refractivity contribution in [2.45, 2.75) is 25.7 Å². The normalized spacial score (nSPS) is 10.6. The zero-order valence-corrected chi connectivity index (χ0v) is 20.1. The molecule has 0 saturated heterocycles. The molecule has 3 aromatic rings. The molecule has 0 spiro atoms. The molecule has 0 aromatic heterocycles. The van der Waals surface area contributed by atoms with Gasteiger partial charge in [-0.15, -0.1) is 0 Å². The van der Waals surface area contributed by atoms with Crippen molar-refractivity contribution in [3.63, 3.8) is 0 Å². The van der Waals surface area contributed by atoms with Gasteiger partial charge < -0.3 is 5.11 Å². The predicted molar refractivity (Wildman–Crippen MR) is 134 cm³/mol. The first-order valence-corrected chi connectivity index (χ1v) is 12.0. The number of carbonyl (C=O) groups is 1. The number of halogens is 1. The Kier molecular flexibility index (Phi) is 11.7. The van der Waals surface area contributed by atoms with E-state index in [1.54, 1.807) is 24.3 Å². The van der Waals surface area contributed by atoms with Crippen LogP contribution >= 0.6 is 0 Å². The molecular formula is C26H25FN2O6S. The number of non-ortho nitro benzene ring substituents is 1. The van der Waals surface area contributed by atoms with Gasteiger partial charge in [-0.05, 0) is 53.7 Å². The van der Waals surface area contributed by atoms with E-state index in [4.69, 9.17) is 5.11 Å². The van der Waals surface area contributed by atoms with Crippen LogP contribution in [-0.2, 0) is 21.7 Å². The maximum Gasteiger partial charge on any atom is 0.311 e. The number of nitrogens with zero attached hydrogens (tertiary/aromatic N) is 2. The summed E-state index contributed by atoms with van der Waals surface area (Å²) >= 11 is 0. The molecule has 0 aliphatic heterocycles. The summed E-state index contributed by atoms with van der Waals surface area (Å²) in [6.45, 7) is 0.192. The Morgan fingerprint density at radius 2 is 1.69 bits per heavy atom. The van der Waals surface area contributed by atoms with E-state index in [0.29, 0.717) is 19.3 Å². The van der Waals surface area contributed by atoms with Crippen molar-refractivity contribution in [1.29, 1.82) is 0 Å². The average Bonchev–Trinajstić information content (AvgIpc) is 2.85. The Morgan fingerprint density at radius 1 is 1.00 bits per heavy atom. The maximum atomic E-state index is 13.6. The highest BCUT2D eigenvalue weighted by Crippen LogP contribution is 2.25. The minimum atomic E-state index is -2.40. The lowest BCUT2D eigenvalue weighted by Crippen LogP contribution is -1.95. The number of benzene rings is 3. The molecule has 0 aliphatic rings. The van der Waals surface area contributed by atoms with E-state index in [1.807, 2.05) is 36.4 Å². The van der Waals surface area contributed by atoms with E-state index < -0.39 is 21.4 Å². The Balaban J connectivity index is 0.000000425. The van der Waals surface area contributed by atoms with Crippen LogP contribution in [0.25, 0.3) is 5.57 Å². The summed E-state index contributed by atoms with van der Waals surface area (Å²) in [5, 5.41) is 18.8. The minimum Gasteiger partial charge on any atom is -0.481 e. The predicted octanol–water partition coefficient (Wildman–Crippen LogP) is 5.71. The summed E-state index contributed by atoms with van der Waals surface area (Å²) < 4.78 is 37.9. The smallest absolute Gasteiger partial charge is 0.311 e. The van der Waals surface area contributed by atoms with Crippen LogP contribution in [0.2, 0.25) is 0 Å². The zero-order valence-electron chi connectivity index (χ0n) is 19.3. The maximum absolute atomic E-state index is 13.6. The molecule has 8 nitrogen and oxygen atoms in total. The molecule has 0 unspecified atom stereocenters. The van der Waals surface area contributed by atoms with E-state index in [2.05, 4.69) is 4.36 Å². The molecule has 0 heterocycles. The van der Waals surface area contributed by atoms with Gasteiger partial charge in [0.15, 0.2) is 0 Å². The van der Waals surface area contributed by atoms with Gasteiger partial charge >= 0.3 is 16.5 Å². The Labute approximate surface area is 209 Å². The highest BCUT2D eigenvalue weighted by Gasteiger charge is 2.07. The lowest BCUT2D eigenvalue weighted by atomic mass is 9.95. The molecule has 0 saturated carbocycles. The van der Waals surface area contributed by atoms with Crippen molar-refractivity contribution >= 4 is 27.7 Å². The number of nitro benzene ring substituents is 1. The largest absolute Gasteiger partial charge is 0.481 e. The second kappa shape index (κ2) is 14.9. The molecule has 0 atom stereocenters. The molecule has 0 aliphatic carbocycles. The summed E-state index contributed by atoms with van der Waals surface area (Å²) in [6, 6.07) is 21.7. The minimum absolute atomic E-state index is 0.0798. The van der Waals surface area contributed by atoms with Crippen molar-refractivity contribution < 1.29 is 27.6 Å². The van der Waals surface area contributed by atoms with Crippen LogP contribution < -0.4 is 0 Å². The number of allylic oxidation sites excluding steroid dienone is 1. The van der Waals surface area contributed by atoms with E-state index in [-0.39, 0.29) is 24.5 Å². The molecule has 1 N–H and O–H groups in total. The molecule has 3 aromatic carbocycles. The molecule has 10 heteroatoms. The van der Waals surface area contributed by atoms with E-state index in [0.717, 1.165) is 22.3 Å². The highest BCUT2D eigenvalue weighted by atomic mass is 32.2. The quantitative estimate of drug-likeness (QED) is 0.210. The fourth-order valence-electron chi connectivity index (χ4n) is 3.21. The first-order valence-electron chi connectivity index (χ1n) is 11.0. The van der Waals surface area contributed by atoms with Gasteiger partial charge in [-0.25, -0.2) is 4.39 Å². The van der Waals surface area contributed by atoms with Crippen LogP contribution in [0.4, 0.5) is 10.1 Å². The number of nitro groups is 1. The molecule has 0 bridgehead atoms. The SMILES string of the molecule is O=C(O)CCC/C=C(\c1ccc(CCN=S(=O)=O)cc1)c1cccc(F)c1.O=[N+]([O-])c1ccccc1. The average molecular weight is 513 g/mol. The van der Waals surface area contributed by atoms with Gasteiger partial charge in [0.05, 0.1) is 11.5 Å². The van der Waals surface area contributed by atoms with Crippen molar-refractivity contribution in [3.05, 3.63) is 118 Å². The molecule has 0 radical (unpaired) electrons. The Morgan fingerprint density at radius 3 is 2.25 bits per heavy atom. The van der Waals surface area contributed by atoms with E-state index in [1.165, 1.54) is 24.3 Å². The van der Waals surface area contributed by atoms with E-state index in [9.17, 15) is 27.7 Å². The number of carboxylic acid groups (broad SMARTS) is 1. The van der Waals surface area contributed by atoms with Crippen LogP contribution in [0, 0.1) is 15.9 Å². The van der Waals surface area contributed by atoms with Crippen LogP contribution in [0.3, 0.4) is 0 Å². The molecule has 188 valence electrons. The molecule has 0 amide bonds. The third-order valence-corrected chi connectivity index (χ3v) is 5.30. The number of aliphatic carboxylic acids is 1. The van der Waals surface area contributed by atoms with Crippen molar-refractivity contribution in [3.8, 4) is 0 Å². The summed E-state index contributed by atoms with van der Waals surface area (Å²) in [7, 11) is -2.40. The Hall–Kier alpha value is -4.18. The lowest BCUT2D eigenvalue weighted by molar-refractivity contribution is -0.384. The first kappa shape index (κ1) is 28.1. The number of unbranched alkanes of at least 4 members (excludes halogenated alkanes) is 1. The summed E-state index contributed by atoms with van der Waals surface area (Å²) in [6.07, 6.45) is 3.57. The van der Waals surface area contributed by atoms with Crippen LogP contribution in [0.5, 0.6) is 0 Å². The van der Waals surface area contributed by atoms with Crippen molar-refractivity contribution in [1.82, 2.24) is 0 Å². The molecule has 3 rings (SSSR count).